The molecule has 10 heavy (non-hydrogen) atoms. The van der Waals surface area contributed by atoms with Crippen LogP contribution in [-0.4, -0.2) is 34.9 Å². The summed E-state index contributed by atoms with van der Waals surface area (Å²) in [5.41, 5.74) is -0.163. The van der Waals surface area contributed by atoms with Gasteiger partial charge in [0.2, 0.25) is 0 Å². The van der Waals surface area contributed by atoms with Gasteiger partial charge in [-0.2, -0.15) is 0 Å². The van der Waals surface area contributed by atoms with Crippen molar-refractivity contribution in [2.45, 2.75) is 12.7 Å². The van der Waals surface area contributed by atoms with Gasteiger partial charge in [-0.25, -0.2) is 0 Å². The summed E-state index contributed by atoms with van der Waals surface area (Å²) in [6.45, 7) is 1.83. The van der Waals surface area contributed by atoms with E-state index >= 15 is 0 Å². The monoisotopic (exact) mass is 184 g/mol. The van der Waals surface area contributed by atoms with Crippen molar-refractivity contribution in [2.24, 2.45) is 0 Å². The van der Waals surface area contributed by atoms with Crippen molar-refractivity contribution >= 4 is 18.9 Å². The molecule has 0 saturated heterocycles. The van der Waals surface area contributed by atoms with Crippen molar-refractivity contribution in [1.82, 2.24) is 0 Å². The maximum absolute atomic E-state index is 5.93. The van der Waals surface area contributed by atoms with E-state index in [1.54, 1.807) is 7.11 Å². The van der Waals surface area contributed by atoms with Crippen molar-refractivity contribution in [2.75, 3.05) is 21.3 Å². The van der Waals surface area contributed by atoms with Gasteiger partial charge >= 0.3 is 7.87 Å². The minimum atomic E-state index is -2.55. The average molecular weight is 185 g/mol. The third kappa shape index (κ3) is 2.21. The summed E-state index contributed by atoms with van der Waals surface area (Å²) in [7, 11) is 2.08. The second-order valence-corrected chi connectivity index (χ2v) is 6.24. The van der Waals surface area contributed by atoms with E-state index in [1.807, 2.05) is 6.92 Å². The summed E-state index contributed by atoms with van der Waals surface area (Å²) in [6.07, 6.45) is 0. The summed E-state index contributed by atoms with van der Waals surface area (Å²) in [4.78, 5) is 0. The van der Waals surface area contributed by atoms with E-state index < -0.39 is 7.87 Å². The summed E-state index contributed by atoms with van der Waals surface area (Å²) in [5, 5.41) is 0. The number of hydrogen-bond donors (Lipinski definition) is 0. The van der Waals surface area contributed by atoms with Gasteiger partial charge in [0.15, 0.2) is 0 Å². The Labute approximate surface area is 67.2 Å². The molecule has 5 heteroatoms. The fourth-order valence-electron chi connectivity index (χ4n) is 0.556. The number of hydrogen-bond acceptors (Lipinski definition) is 3. The Balaban J connectivity index is 4.02. The molecule has 0 saturated carbocycles. The molecule has 0 amide bonds. The molecular weight excluding hydrogens is 172 g/mol. The SMILES string of the molecule is COC(C)[Si](Cl)(OC)OC. The first kappa shape index (κ1) is 10.4. The van der Waals surface area contributed by atoms with Crippen LogP contribution in [0, 0.1) is 0 Å². The molecule has 1 atom stereocenters. The van der Waals surface area contributed by atoms with Crippen LogP contribution >= 0.6 is 11.1 Å². The van der Waals surface area contributed by atoms with E-state index in [-0.39, 0.29) is 5.73 Å². The third-order valence-electron chi connectivity index (χ3n) is 1.40. The maximum atomic E-state index is 5.93. The molecule has 0 aromatic heterocycles. The topological polar surface area (TPSA) is 27.7 Å². The van der Waals surface area contributed by atoms with Crippen molar-refractivity contribution in [3.8, 4) is 0 Å². The van der Waals surface area contributed by atoms with Gasteiger partial charge in [-0.15, -0.1) is 0 Å². The average Bonchev–Trinajstić information content (AvgIpc) is 2.01. The maximum Gasteiger partial charge on any atom is 0.472 e. The molecule has 0 rings (SSSR count). The van der Waals surface area contributed by atoms with Crippen LogP contribution in [0.15, 0.2) is 0 Å². The van der Waals surface area contributed by atoms with Crippen LogP contribution in [-0.2, 0) is 13.6 Å². The predicted molar refractivity (Wildman–Crippen MR) is 42.1 cm³/mol. The number of rotatable bonds is 4. The third-order valence-corrected chi connectivity index (χ3v) is 5.56. The fourth-order valence-corrected chi connectivity index (χ4v) is 1.94. The smallest absolute Gasteiger partial charge is 0.385 e. The van der Waals surface area contributed by atoms with E-state index in [0.29, 0.717) is 0 Å². The zero-order chi connectivity index (χ0) is 8.20. The lowest BCUT2D eigenvalue weighted by molar-refractivity contribution is 0.119. The second kappa shape index (κ2) is 4.30. The number of ether oxygens (including phenoxy) is 1. The molecular formula is C5H13ClO3Si. The van der Waals surface area contributed by atoms with Crippen LogP contribution in [0.3, 0.4) is 0 Å². The van der Waals surface area contributed by atoms with Gasteiger partial charge in [0.1, 0.15) is 5.73 Å². The summed E-state index contributed by atoms with van der Waals surface area (Å²) in [5.74, 6) is 0. The molecule has 0 spiro atoms. The van der Waals surface area contributed by atoms with Crippen LogP contribution in [0.4, 0.5) is 0 Å². The Morgan fingerprint density at radius 3 is 1.70 bits per heavy atom. The fraction of sp³-hybridized carbons (Fsp3) is 1.00. The normalized spacial score (nSPS) is 15.3. The number of halogens is 1. The van der Waals surface area contributed by atoms with Crippen molar-refractivity contribution in [1.29, 1.82) is 0 Å². The predicted octanol–water partition coefficient (Wildman–Crippen LogP) is 1.03. The molecule has 0 bridgehead atoms. The first-order valence-corrected chi connectivity index (χ1v) is 5.83. The van der Waals surface area contributed by atoms with E-state index in [2.05, 4.69) is 0 Å². The Morgan fingerprint density at radius 1 is 1.20 bits per heavy atom. The highest BCUT2D eigenvalue weighted by Gasteiger charge is 2.41. The summed E-state index contributed by atoms with van der Waals surface area (Å²) < 4.78 is 15.0. The molecule has 0 heterocycles. The molecule has 0 aromatic carbocycles. The molecule has 1 unspecified atom stereocenters. The Bertz CT molecular complexity index is 96.9. The molecule has 0 N–H and O–H groups in total. The minimum Gasteiger partial charge on any atom is -0.385 e. The van der Waals surface area contributed by atoms with Gasteiger partial charge in [-0.05, 0) is 6.92 Å². The Hall–Kier alpha value is 0.387. The highest BCUT2D eigenvalue weighted by atomic mass is 35.6. The van der Waals surface area contributed by atoms with Crippen LogP contribution < -0.4 is 0 Å². The first-order valence-electron chi connectivity index (χ1n) is 2.92. The minimum absolute atomic E-state index is 0.163. The lowest BCUT2D eigenvalue weighted by Crippen LogP contribution is -2.46. The molecule has 0 aliphatic carbocycles. The second-order valence-electron chi connectivity index (χ2n) is 1.87. The van der Waals surface area contributed by atoms with Crippen LogP contribution in [0.5, 0.6) is 0 Å². The first-order chi connectivity index (χ1) is 4.60. The standard InChI is InChI=1S/C5H13ClO3Si/c1-5(7-2)10(6,8-3)9-4/h5H,1-4H3. The molecule has 0 aliphatic rings. The molecule has 0 aromatic rings. The molecule has 0 fully saturated rings. The van der Waals surface area contributed by atoms with Crippen LogP contribution in [0.25, 0.3) is 0 Å². The van der Waals surface area contributed by atoms with Gasteiger partial charge in [-0.1, -0.05) is 11.1 Å². The van der Waals surface area contributed by atoms with Gasteiger partial charge in [0.25, 0.3) is 0 Å². The largest absolute Gasteiger partial charge is 0.472 e. The highest BCUT2D eigenvalue weighted by molar-refractivity contribution is 7.13. The molecule has 3 nitrogen and oxygen atoms in total. The zero-order valence-corrected chi connectivity index (χ0v) is 8.44. The molecule has 0 aliphatic heterocycles. The molecule has 62 valence electrons. The molecule has 0 radical (unpaired) electrons. The van der Waals surface area contributed by atoms with Crippen LogP contribution in [0.1, 0.15) is 6.92 Å². The van der Waals surface area contributed by atoms with Crippen molar-refractivity contribution < 1.29 is 13.6 Å². The van der Waals surface area contributed by atoms with E-state index in [1.165, 1.54) is 14.2 Å². The quantitative estimate of drug-likeness (QED) is 0.483. The Morgan fingerprint density at radius 2 is 1.60 bits per heavy atom. The van der Waals surface area contributed by atoms with E-state index in [4.69, 9.17) is 24.7 Å². The number of methoxy groups -OCH3 is 1. The van der Waals surface area contributed by atoms with E-state index in [9.17, 15) is 0 Å². The lowest BCUT2D eigenvalue weighted by atomic mass is 10.9. The summed E-state index contributed by atoms with van der Waals surface area (Å²) in [6, 6.07) is 0. The zero-order valence-electron chi connectivity index (χ0n) is 6.68. The van der Waals surface area contributed by atoms with Gasteiger partial charge in [-0.3, -0.25) is 0 Å². The van der Waals surface area contributed by atoms with Gasteiger partial charge in [0, 0.05) is 21.3 Å². The van der Waals surface area contributed by atoms with Crippen molar-refractivity contribution in [3.63, 3.8) is 0 Å². The van der Waals surface area contributed by atoms with Crippen LogP contribution in [0.2, 0.25) is 0 Å². The van der Waals surface area contributed by atoms with Gasteiger partial charge in [0.05, 0.1) is 0 Å². The summed E-state index contributed by atoms with van der Waals surface area (Å²) >= 11 is 5.93. The van der Waals surface area contributed by atoms with Gasteiger partial charge < -0.3 is 13.6 Å². The van der Waals surface area contributed by atoms with E-state index in [0.717, 1.165) is 0 Å². The lowest BCUT2D eigenvalue weighted by Gasteiger charge is -2.24. The van der Waals surface area contributed by atoms with Crippen molar-refractivity contribution in [3.05, 3.63) is 0 Å². The highest BCUT2D eigenvalue weighted by Crippen LogP contribution is 2.17. The Kier molecular flexibility index (Phi) is 4.47.